The van der Waals surface area contributed by atoms with Crippen LogP contribution in [0.25, 0.3) is 67.3 Å². The second-order valence-electron chi connectivity index (χ2n) is 9.23. The minimum atomic E-state index is 1.11. The quantitative estimate of drug-likeness (QED) is 0.241. The molecule has 6 aromatic rings. The van der Waals surface area contributed by atoms with Crippen LogP contribution in [0.5, 0.6) is 0 Å². The van der Waals surface area contributed by atoms with Gasteiger partial charge in [0.1, 0.15) is 0 Å². The Balaban J connectivity index is 1.61. The maximum absolute atomic E-state index is 4.05. The van der Waals surface area contributed by atoms with Gasteiger partial charge in [-0.3, -0.25) is 0 Å². The van der Waals surface area contributed by atoms with Crippen molar-refractivity contribution in [1.29, 1.82) is 0 Å². The van der Waals surface area contributed by atoms with Gasteiger partial charge in [0.25, 0.3) is 0 Å². The molecule has 0 aliphatic carbocycles. The molecule has 0 spiro atoms. The zero-order valence-electron chi connectivity index (χ0n) is 20.4. The van der Waals surface area contributed by atoms with E-state index in [0.29, 0.717) is 0 Å². The van der Waals surface area contributed by atoms with Crippen molar-refractivity contribution in [3.8, 4) is 33.4 Å². The number of hydrogen-bond donors (Lipinski definition) is 0. The summed E-state index contributed by atoms with van der Waals surface area (Å²) >= 11 is 0. The number of aryl methyl sites for hydroxylation is 1. The second-order valence-corrected chi connectivity index (χ2v) is 9.23. The van der Waals surface area contributed by atoms with Gasteiger partial charge in [-0.05, 0) is 87.0 Å². The van der Waals surface area contributed by atoms with E-state index in [1.165, 1.54) is 55.2 Å². The van der Waals surface area contributed by atoms with Crippen molar-refractivity contribution >= 4 is 34.0 Å². The minimum absolute atomic E-state index is 1.11. The van der Waals surface area contributed by atoms with E-state index in [0.717, 1.165) is 11.1 Å². The molecule has 5 aromatic carbocycles. The van der Waals surface area contributed by atoms with Crippen molar-refractivity contribution < 1.29 is 0 Å². The smallest absolute Gasteiger partial charge is 0.0489 e. The molecule has 36 heavy (non-hydrogen) atoms. The third-order valence-electron chi connectivity index (χ3n) is 7.13. The summed E-state index contributed by atoms with van der Waals surface area (Å²) in [6, 6.07) is 39.3. The maximum Gasteiger partial charge on any atom is 0.0489 e. The summed E-state index contributed by atoms with van der Waals surface area (Å²) in [7, 11) is 2.14. The molecule has 0 amide bonds. The summed E-state index contributed by atoms with van der Waals surface area (Å²) in [5, 5.41) is 2.56. The van der Waals surface area contributed by atoms with Crippen LogP contribution in [0.15, 0.2) is 122 Å². The van der Waals surface area contributed by atoms with E-state index in [-0.39, 0.29) is 0 Å². The lowest BCUT2D eigenvalue weighted by atomic mass is 9.91. The molecule has 0 saturated carbocycles. The standard InChI is InChI=1S/C35H27N/c1-4-24-11-10-13-26(19-24)28-20-29(22-30(21-28)31-14-7-6-12-25(31)5-2)27-17-18-35-33(23-27)32-15-8-9-16-34(32)36(35)3/h4-23H,1-2H2,3H3. The Kier molecular flexibility index (Phi) is 5.39. The van der Waals surface area contributed by atoms with Crippen LogP contribution in [-0.4, -0.2) is 4.57 Å². The molecule has 0 aliphatic heterocycles. The average Bonchev–Trinajstić information content (AvgIpc) is 3.24. The van der Waals surface area contributed by atoms with E-state index in [2.05, 4.69) is 134 Å². The van der Waals surface area contributed by atoms with Crippen LogP contribution in [0, 0.1) is 0 Å². The zero-order valence-corrected chi connectivity index (χ0v) is 20.4. The third-order valence-corrected chi connectivity index (χ3v) is 7.13. The summed E-state index contributed by atoms with van der Waals surface area (Å²) in [6.07, 6.45) is 3.83. The van der Waals surface area contributed by atoms with Gasteiger partial charge in [0, 0.05) is 28.9 Å². The highest BCUT2D eigenvalue weighted by Gasteiger charge is 2.12. The Morgan fingerprint density at radius 3 is 2.03 bits per heavy atom. The van der Waals surface area contributed by atoms with Gasteiger partial charge in [0.05, 0.1) is 0 Å². The molecule has 0 atom stereocenters. The van der Waals surface area contributed by atoms with Gasteiger partial charge in [0.15, 0.2) is 0 Å². The Bertz CT molecular complexity index is 1780. The molecular formula is C35H27N. The fourth-order valence-corrected chi connectivity index (χ4v) is 5.25. The fourth-order valence-electron chi connectivity index (χ4n) is 5.25. The van der Waals surface area contributed by atoms with Crippen molar-refractivity contribution in [2.45, 2.75) is 0 Å². The predicted molar refractivity (Wildman–Crippen MR) is 157 cm³/mol. The van der Waals surface area contributed by atoms with Crippen LogP contribution in [-0.2, 0) is 7.05 Å². The molecule has 0 bridgehead atoms. The molecule has 1 heteroatoms. The Morgan fingerprint density at radius 1 is 0.528 bits per heavy atom. The number of fused-ring (bicyclic) bond motifs is 3. The van der Waals surface area contributed by atoms with Crippen LogP contribution in [0.4, 0.5) is 0 Å². The maximum atomic E-state index is 4.05. The van der Waals surface area contributed by atoms with Crippen molar-refractivity contribution in [2.75, 3.05) is 0 Å². The summed E-state index contributed by atoms with van der Waals surface area (Å²) in [5.74, 6) is 0. The fraction of sp³-hybridized carbons (Fsp3) is 0.0286. The van der Waals surface area contributed by atoms with Gasteiger partial charge in [-0.15, -0.1) is 0 Å². The third kappa shape index (κ3) is 3.66. The van der Waals surface area contributed by atoms with Gasteiger partial charge < -0.3 is 4.57 Å². The highest BCUT2D eigenvalue weighted by atomic mass is 14.9. The first kappa shape index (κ1) is 21.9. The normalized spacial score (nSPS) is 11.1. The van der Waals surface area contributed by atoms with Crippen LogP contribution >= 0.6 is 0 Å². The first-order valence-corrected chi connectivity index (χ1v) is 12.2. The SMILES string of the molecule is C=Cc1cccc(-c2cc(-c3ccc4c(c3)c3ccccc3n4C)cc(-c3ccccc3C=C)c2)c1. The van der Waals surface area contributed by atoms with Gasteiger partial charge in [-0.25, -0.2) is 0 Å². The van der Waals surface area contributed by atoms with E-state index in [1.54, 1.807) is 0 Å². The lowest BCUT2D eigenvalue weighted by Gasteiger charge is -2.14. The van der Waals surface area contributed by atoms with E-state index in [9.17, 15) is 0 Å². The summed E-state index contributed by atoms with van der Waals surface area (Å²) in [4.78, 5) is 0. The molecule has 0 unspecified atom stereocenters. The molecule has 0 radical (unpaired) electrons. The largest absolute Gasteiger partial charge is 0.344 e. The lowest BCUT2D eigenvalue weighted by molar-refractivity contribution is 1.01. The summed E-state index contributed by atoms with van der Waals surface area (Å²) in [5.41, 5.74) is 11.9. The van der Waals surface area contributed by atoms with E-state index in [4.69, 9.17) is 0 Å². The van der Waals surface area contributed by atoms with Crippen molar-refractivity contribution in [2.24, 2.45) is 7.05 Å². The molecule has 172 valence electrons. The Hall–Kier alpha value is -4.62. The second kappa shape index (κ2) is 8.87. The van der Waals surface area contributed by atoms with Gasteiger partial charge in [0.2, 0.25) is 0 Å². The van der Waals surface area contributed by atoms with Crippen LogP contribution < -0.4 is 0 Å². The number of benzene rings is 5. The van der Waals surface area contributed by atoms with Crippen molar-refractivity contribution in [3.05, 3.63) is 133 Å². The van der Waals surface area contributed by atoms with Crippen LogP contribution in [0.2, 0.25) is 0 Å². The molecule has 0 aliphatic rings. The molecule has 6 rings (SSSR count). The zero-order chi connectivity index (χ0) is 24.6. The molecule has 1 aromatic heterocycles. The first-order valence-electron chi connectivity index (χ1n) is 12.2. The highest BCUT2D eigenvalue weighted by molar-refractivity contribution is 6.09. The predicted octanol–water partition coefficient (Wildman–Crippen LogP) is 9.62. The number of hydrogen-bond acceptors (Lipinski definition) is 0. The highest BCUT2D eigenvalue weighted by Crippen LogP contribution is 2.37. The first-order chi connectivity index (χ1) is 17.7. The minimum Gasteiger partial charge on any atom is -0.344 e. The lowest BCUT2D eigenvalue weighted by Crippen LogP contribution is -1.89. The van der Waals surface area contributed by atoms with E-state index >= 15 is 0 Å². The summed E-state index contributed by atoms with van der Waals surface area (Å²) in [6.45, 7) is 8.01. The van der Waals surface area contributed by atoms with Gasteiger partial charge in [-0.1, -0.05) is 92.0 Å². The van der Waals surface area contributed by atoms with Crippen LogP contribution in [0.1, 0.15) is 11.1 Å². The number of rotatable bonds is 5. The van der Waals surface area contributed by atoms with Crippen molar-refractivity contribution in [1.82, 2.24) is 4.57 Å². The van der Waals surface area contributed by atoms with Crippen molar-refractivity contribution in [3.63, 3.8) is 0 Å². The summed E-state index contributed by atoms with van der Waals surface area (Å²) < 4.78 is 2.28. The van der Waals surface area contributed by atoms with E-state index < -0.39 is 0 Å². The van der Waals surface area contributed by atoms with Crippen LogP contribution in [0.3, 0.4) is 0 Å². The Labute approximate surface area is 212 Å². The topological polar surface area (TPSA) is 4.93 Å². The molecule has 1 heterocycles. The number of aromatic nitrogens is 1. The number of nitrogens with zero attached hydrogens (tertiary/aromatic N) is 1. The Morgan fingerprint density at radius 2 is 1.22 bits per heavy atom. The van der Waals surface area contributed by atoms with E-state index in [1.807, 2.05) is 12.2 Å². The molecule has 1 nitrogen and oxygen atoms in total. The van der Waals surface area contributed by atoms with Gasteiger partial charge in [-0.2, -0.15) is 0 Å². The average molecular weight is 462 g/mol. The molecular weight excluding hydrogens is 434 g/mol. The van der Waals surface area contributed by atoms with Gasteiger partial charge >= 0.3 is 0 Å². The number of para-hydroxylation sites is 1. The monoisotopic (exact) mass is 461 g/mol. The molecule has 0 N–H and O–H groups in total. The molecule has 0 saturated heterocycles. The molecule has 0 fully saturated rings.